The van der Waals surface area contributed by atoms with Gasteiger partial charge in [0.2, 0.25) is 0 Å². The predicted octanol–water partition coefficient (Wildman–Crippen LogP) is 1.60. The second-order valence-electron chi connectivity index (χ2n) is 4.25. The zero-order valence-corrected chi connectivity index (χ0v) is 8.64. The number of nitrogens with zero attached hydrogens (tertiary/aromatic N) is 1. The lowest BCUT2D eigenvalue weighted by Crippen LogP contribution is -2.42. The van der Waals surface area contributed by atoms with Gasteiger partial charge in [0.25, 0.3) is 0 Å². The molecule has 2 heteroatoms. The molecule has 0 heterocycles. The molecule has 1 fully saturated rings. The standard InChI is InChI=1S/C10H22N2/c1-4-9(5-2)12(3)8-10(11)6-7-10/h9H,4-8,11H2,1-3H3. The second-order valence-corrected chi connectivity index (χ2v) is 4.25. The zero-order valence-electron chi connectivity index (χ0n) is 8.64. The molecule has 72 valence electrons. The summed E-state index contributed by atoms with van der Waals surface area (Å²) in [7, 11) is 2.20. The lowest BCUT2D eigenvalue weighted by molar-refractivity contribution is 0.211. The Bertz CT molecular complexity index is 137. The van der Waals surface area contributed by atoms with Crippen LogP contribution in [0, 0.1) is 0 Å². The van der Waals surface area contributed by atoms with Crippen molar-refractivity contribution in [3.63, 3.8) is 0 Å². The van der Waals surface area contributed by atoms with Crippen molar-refractivity contribution >= 4 is 0 Å². The molecular formula is C10H22N2. The first-order chi connectivity index (χ1) is 5.61. The van der Waals surface area contributed by atoms with E-state index in [9.17, 15) is 0 Å². The van der Waals surface area contributed by atoms with E-state index in [1.54, 1.807) is 0 Å². The van der Waals surface area contributed by atoms with Crippen LogP contribution < -0.4 is 5.73 Å². The highest BCUT2D eigenvalue weighted by atomic mass is 15.2. The van der Waals surface area contributed by atoms with Crippen molar-refractivity contribution in [2.45, 2.75) is 51.1 Å². The smallest absolute Gasteiger partial charge is 0.0284 e. The molecule has 0 aromatic carbocycles. The van der Waals surface area contributed by atoms with Gasteiger partial charge in [0.1, 0.15) is 0 Å². The van der Waals surface area contributed by atoms with E-state index < -0.39 is 0 Å². The molecule has 0 aliphatic heterocycles. The third-order valence-electron chi connectivity index (χ3n) is 3.02. The SMILES string of the molecule is CCC(CC)N(C)CC1(N)CC1. The van der Waals surface area contributed by atoms with Crippen LogP contribution in [0.5, 0.6) is 0 Å². The average Bonchev–Trinajstić information content (AvgIpc) is 2.70. The first-order valence-electron chi connectivity index (χ1n) is 5.10. The van der Waals surface area contributed by atoms with Gasteiger partial charge in [0.05, 0.1) is 0 Å². The van der Waals surface area contributed by atoms with Gasteiger partial charge >= 0.3 is 0 Å². The third kappa shape index (κ3) is 2.46. The van der Waals surface area contributed by atoms with Gasteiger partial charge in [-0.3, -0.25) is 0 Å². The molecule has 12 heavy (non-hydrogen) atoms. The zero-order chi connectivity index (χ0) is 9.19. The van der Waals surface area contributed by atoms with E-state index in [2.05, 4.69) is 25.8 Å². The maximum atomic E-state index is 6.05. The van der Waals surface area contributed by atoms with Crippen LogP contribution in [0.2, 0.25) is 0 Å². The van der Waals surface area contributed by atoms with Crippen molar-refractivity contribution < 1.29 is 0 Å². The lowest BCUT2D eigenvalue weighted by Gasteiger charge is -2.28. The first-order valence-corrected chi connectivity index (χ1v) is 5.10. The average molecular weight is 170 g/mol. The summed E-state index contributed by atoms with van der Waals surface area (Å²) in [6.07, 6.45) is 4.92. The van der Waals surface area contributed by atoms with Gasteiger partial charge in [-0.15, -0.1) is 0 Å². The van der Waals surface area contributed by atoms with Crippen LogP contribution >= 0.6 is 0 Å². The number of hydrogen-bond donors (Lipinski definition) is 1. The summed E-state index contributed by atoms with van der Waals surface area (Å²) in [6.45, 7) is 5.58. The van der Waals surface area contributed by atoms with Crippen molar-refractivity contribution in [1.29, 1.82) is 0 Å². The highest BCUT2D eigenvalue weighted by Gasteiger charge is 2.39. The van der Waals surface area contributed by atoms with Crippen molar-refractivity contribution in [2.24, 2.45) is 5.73 Å². The molecule has 0 bridgehead atoms. The minimum Gasteiger partial charge on any atom is -0.324 e. The van der Waals surface area contributed by atoms with Crippen molar-refractivity contribution in [3.05, 3.63) is 0 Å². The molecule has 0 spiro atoms. The Balaban J connectivity index is 2.30. The summed E-state index contributed by atoms with van der Waals surface area (Å²) >= 11 is 0. The van der Waals surface area contributed by atoms with Crippen LogP contribution in [0.25, 0.3) is 0 Å². The largest absolute Gasteiger partial charge is 0.324 e. The molecule has 1 rings (SSSR count). The Kier molecular flexibility index (Phi) is 3.13. The molecular weight excluding hydrogens is 148 g/mol. The monoisotopic (exact) mass is 170 g/mol. The molecule has 0 saturated heterocycles. The topological polar surface area (TPSA) is 29.3 Å². The maximum absolute atomic E-state index is 6.05. The summed E-state index contributed by atoms with van der Waals surface area (Å²) in [5.41, 5.74) is 6.23. The van der Waals surface area contributed by atoms with Gasteiger partial charge in [0, 0.05) is 18.1 Å². The van der Waals surface area contributed by atoms with E-state index in [0.717, 1.165) is 12.6 Å². The molecule has 0 amide bonds. The highest BCUT2D eigenvalue weighted by molar-refractivity contribution is 5.01. The minimum absolute atomic E-state index is 0.178. The van der Waals surface area contributed by atoms with Crippen LogP contribution in [-0.2, 0) is 0 Å². The van der Waals surface area contributed by atoms with Crippen molar-refractivity contribution in [2.75, 3.05) is 13.6 Å². The molecule has 0 aromatic heterocycles. The van der Waals surface area contributed by atoms with Crippen LogP contribution in [0.1, 0.15) is 39.5 Å². The van der Waals surface area contributed by atoms with E-state index >= 15 is 0 Å². The van der Waals surface area contributed by atoms with Gasteiger partial charge in [-0.1, -0.05) is 13.8 Å². The van der Waals surface area contributed by atoms with Gasteiger partial charge in [0.15, 0.2) is 0 Å². The maximum Gasteiger partial charge on any atom is 0.0284 e. The number of nitrogens with two attached hydrogens (primary N) is 1. The number of likely N-dealkylation sites (N-methyl/N-ethyl adjacent to an activating group) is 1. The van der Waals surface area contributed by atoms with Gasteiger partial charge in [-0.05, 0) is 32.7 Å². The van der Waals surface area contributed by atoms with Crippen LogP contribution in [-0.4, -0.2) is 30.1 Å². The minimum atomic E-state index is 0.178. The molecule has 0 atom stereocenters. The van der Waals surface area contributed by atoms with Gasteiger partial charge in [-0.2, -0.15) is 0 Å². The summed E-state index contributed by atoms with van der Waals surface area (Å²) in [5.74, 6) is 0. The Morgan fingerprint density at radius 3 is 2.17 bits per heavy atom. The fourth-order valence-electron chi connectivity index (χ4n) is 1.86. The van der Waals surface area contributed by atoms with Crippen LogP contribution in [0.4, 0.5) is 0 Å². The van der Waals surface area contributed by atoms with Crippen LogP contribution in [0.15, 0.2) is 0 Å². The third-order valence-corrected chi connectivity index (χ3v) is 3.02. The molecule has 0 aromatic rings. The molecule has 2 nitrogen and oxygen atoms in total. The molecule has 2 N–H and O–H groups in total. The highest BCUT2D eigenvalue weighted by Crippen LogP contribution is 2.33. The van der Waals surface area contributed by atoms with Gasteiger partial charge < -0.3 is 10.6 Å². The Morgan fingerprint density at radius 2 is 1.83 bits per heavy atom. The number of hydrogen-bond acceptors (Lipinski definition) is 2. The van der Waals surface area contributed by atoms with Crippen LogP contribution in [0.3, 0.4) is 0 Å². The Hall–Kier alpha value is -0.0800. The molecule has 1 aliphatic carbocycles. The molecule has 1 aliphatic rings. The predicted molar refractivity (Wildman–Crippen MR) is 53.2 cm³/mol. The summed E-state index contributed by atoms with van der Waals surface area (Å²) in [5, 5.41) is 0. The second kappa shape index (κ2) is 3.75. The molecule has 0 radical (unpaired) electrons. The van der Waals surface area contributed by atoms with Crippen molar-refractivity contribution in [3.8, 4) is 0 Å². The quantitative estimate of drug-likeness (QED) is 0.679. The lowest BCUT2D eigenvalue weighted by atomic mass is 10.1. The fraction of sp³-hybridized carbons (Fsp3) is 1.00. The summed E-state index contributed by atoms with van der Waals surface area (Å²) in [4.78, 5) is 2.42. The molecule has 1 saturated carbocycles. The summed E-state index contributed by atoms with van der Waals surface area (Å²) in [6, 6.07) is 0.728. The summed E-state index contributed by atoms with van der Waals surface area (Å²) < 4.78 is 0. The van der Waals surface area contributed by atoms with E-state index in [-0.39, 0.29) is 5.54 Å². The van der Waals surface area contributed by atoms with E-state index in [0.29, 0.717) is 0 Å². The Labute approximate surface area is 76.1 Å². The molecule has 0 unspecified atom stereocenters. The van der Waals surface area contributed by atoms with E-state index in [1.807, 2.05) is 0 Å². The fourth-order valence-corrected chi connectivity index (χ4v) is 1.86. The Morgan fingerprint density at radius 1 is 1.33 bits per heavy atom. The number of rotatable bonds is 5. The normalized spacial score (nSPS) is 20.5. The van der Waals surface area contributed by atoms with E-state index in [4.69, 9.17) is 5.73 Å². The first kappa shape index (κ1) is 10.0. The van der Waals surface area contributed by atoms with Gasteiger partial charge in [-0.25, -0.2) is 0 Å². The van der Waals surface area contributed by atoms with Crippen molar-refractivity contribution in [1.82, 2.24) is 4.90 Å². The van der Waals surface area contributed by atoms with E-state index in [1.165, 1.54) is 25.7 Å².